The molecule has 4 heteroatoms. The minimum atomic E-state index is -0.0976. The van der Waals surface area contributed by atoms with Gasteiger partial charge in [0.05, 0.1) is 17.8 Å². The highest BCUT2D eigenvalue weighted by Gasteiger charge is 2.26. The second kappa shape index (κ2) is 6.64. The number of hydrogen-bond donors (Lipinski definition) is 1. The lowest BCUT2D eigenvalue weighted by atomic mass is 10.1. The molecule has 0 aromatic heterocycles. The van der Waals surface area contributed by atoms with Crippen molar-refractivity contribution in [3.05, 3.63) is 65.2 Å². The van der Waals surface area contributed by atoms with Crippen molar-refractivity contribution in [1.29, 1.82) is 5.26 Å². The number of amides is 1. The minimum Gasteiger partial charge on any atom is -0.324 e. The van der Waals surface area contributed by atoms with Gasteiger partial charge in [-0.05, 0) is 43.1 Å². The highest BCUT2D eigenvalue weighted by Crippen LogP contribution is 2.34. The summed E-state index contributed by atoms with van der Waals surface area (Å²) in [7, 11) is 1.97. The van der Waals surface area contributed by atoms with Crippen molar-refractivity contribution in [2.45, 2.75) is 18.9 Å². The van der Waals surface area contributed by atoms with Crippen molar-refractivity contribution in [3.63, 3.8) is 0 Å². The highest BCUT2D eigenvalue weighted by molar-refractivity contribution is 5.93. The number of nitrogens with zero attached hydrogens (tertiary/aromatic N) is 2. The summed E-state index contributed by atoms with van der Waals surface area (Å²) in [6.07, 6.45) is 2.10. The van der Waals surface area contributed by atoms with Crippen molar-refractivity contribution in [1.82, 2.24) is 4.90 Å². The lowest BCUT2D eigenvalue weighted by Gasteiger charge is -2.24. The Morgan fingerprint density at radius 1 is 1.26 bits per heavy atom. The van der Waals surface area contributed by atoms with Crippen molar-refractivity contribution in [2.75, 3.05) is 18.9 Å². The van der Waals surface area contributed by atoms with Crippen LogP contribution in [0.5, 0.6) is 0 Å². The molecule has 116 valence electrons. The van der Waals surface area contributed by atoms with E-state index in [1.165, 1.54) is 11.1 Å². The lowest BCUT2D eigenvalue weighted by molar-refractivity contribution is -0.117. The average molecular weight is 305 g/mol. The van der Waals surface area contributed by atoms with E-state index in [9.17, 15) is 4.79 Å². The number of rotatable bonds is 4. The maximum atomic E-state index is 12.3. The van der Waals surface area contributed by atoms with Crippen LogP contribution in [0.15, 0.2) is 48.5 Å². The van der Waals surface area contributed by atoms with Gasteiger partial charge in [-0.25, -0.2) is 0 Å². The quantitative estimate of drug-likeness (QED) is 0.944. The molecule has 1 amide bonds. The third-order valence-corrected chi connectivity index (χ3v) is 4.35. The number of likely N-dealkylation sites (N-methyl/N-ethyl adjacent to an activating group) is 1. The first-order valence-electron chi connectivity index (χ1n) is 7.76. The number of fused-ring (bicyclic) bond motifs is 1. The first-order chi connectivity index (χ1) is 11.2. The van der Waals surface area contributed by atoms with Gasteiger partial charge in [0.25, 0.3) is 0 Å². The summed E-state index contributed by atoms with van der Waals surface area (Å²) in [5.41, 5.74) is 3.75. The summed E-state index contributed by atoms with van der Waals surface area (Å²) in [4.78, 5) is 14.4. The van der Waals surface area contributed by atoms with E-state index in [2.05, 4.69) is 34.5 Å². The Morgan fingerprint density at radius 2 is 2.00 bits per heavy atom. The molecule has 0 saturated carbocycles. The van der Waals surface area contributed by atoms with Crippen molar-refractivity contribution < 1.29 is 4.79 Å². The SMILES string of the molecule is CN(CC(=O)Nc1ccccc1C#N)C1CCc2ccccc21. The number of para-hydroxylation sites is 1. The Morgan fingerprint density at radius 3 is 2.83 bits per heavy atom. The number of aryl methyl sites for hydroxylation is 1. The van der Waals surface area contributed by atoms with E-state index >= 15 is 0 Å². The molecule has 0 fully saturated rings. The van der Waals surface area contributed by atoms with Crippen LogP contribution in [0.1, 0.15) is 29.2 Å². The molecule has 3 rings (SSSR count). The van der Waals surface area contributed by atoms with Crippen LogP contribution in [-0.4, -0.2) is 24.4 Å². The van der Waals surface area contributed by atoms with Gasteiger partial charge in [0.15, 0.2) is 0 Å². The van der Waals surface area contributed by atoms with Gasteiger partial charge < -0.3 is 5.32 Å². The molecule has 0 radical (unpaired) electrons. The first kappa shape index (κ1) is 15.3. The van der Waals surface area contributed by atoms with E-state index in [0.29, 0.717) is 17.8 Å². The number of carbonyl (C=O) groups is 1. The van der Waals surface area contributed by atoms with Crippen molar-refractivity contribution in [3.8, 4) is 6.07 Å². The number of anilines is 1. The monoisotopic (exact) mass is 305 g/mol. The van der Waals surface area contributed by atoms with Gasteiger partial charge in [-0.15, -0.1) is 0 Å². The fourth-order valence-electron chi connectivity index (χ4n) is 3.21. The number of carbonyl (C=O) groups excluding carboxylic acids is 1. The molecular weight excluding hydrogens is 286 g/mol. The summed E-state index contributed by atoms with van der Waals surface area (Å²) >= 11 is 0. The largest absolute Gasteiger partial charge is 0.324 e. The van der Waals surface area contributed by atoms with E-state index in [0.717, 1.165) is 12.8 Å². The third kappa shape index (κ3) is 3.25. The molecule has 1 aliphatic carbocycles. The summed E-state index contributed by atoms with van der Waals surface area (Å²) in [5.74, 6) is -0.0976. The standard InChI is InChI=1S/C19H19N3O/c1-22(18-11-10-14-6-2-4-8-16(14)18)13-19(23)21-17-9-5-3-7-15(17)12-20/h2-9,18H,10-11,13H2,1H3,(H,21,23). The Bertz CT molecular complexity index is 763. The molecule has 0 saturated heterocycles. The summed E-state index contributed by atoms with van der Waals surface area (Å²) < 4.78 is 0. The Labute approximate surface area is 136 Å². The maximum absolute atomic E-state index is 12.3. The van der Waals surface area contributed by atoms with Crippen LogP contribution in [0.25, 0.3) is 0 Å². The van der Waals surface area contributed by atoms with Crippen LogP contribution in [-0.2, 0) is 11.2 Å². The molecule has 0 spiro atoms. The van der Waals surface area contributed by atoms with E-state index < -0.39 is 0 Å². The van der Waals surface area contributed by atoms with Crippen LogP contribution in [0, 0.1) is 11.3 Å². The van der Waals surface area contributed by atoms with Crippen LogP contribution in [0.2, 0.25) is 0 Å². The Hall–Kier alpha value is -2.64. The lowest BCUT2D eigenvalue weighted by Crippen LogP contribution is -2.32. The summed E-state index contributed by atoms with van der Waals surface area (Å²) in [6, 6.07) is 17.8. The molecule has 1 N–H and O–H groups in total. The molecule has 23 heavy (non-hydrogen) atoms. The zero-order valence-electron chi connectivity index (χ0n) is 13.1. The number of hydrogen-bond acceptors (Lipinski definition) is 3. The predicted octanol–water partition coefficient (Wildman–Crippen LogP) is 3.12. The van der Waals surface area contributed by atoms with Crippen LogP contribution in [0.4, 0.5) is 5.69 Å². The van der Waals surface area contributed by atoms with Gasteiger partial charge in [0.1, 0.15) is 6.07 Å². The molecule has 1 aliphatic rings. The summed E-state index contributed by atoms with van der Waals surface area (Å²) in [5, 5.41) is 11.9. The molecule has 1 unspecified atom stereocenters. The zero-order valence-corrected chi connectivity index (χ0v) is 13.1. The van der Waals surface area contributed by atoms with Gasteiger partial charge >= 0.3 is 0 Å². The van der Waals surface area contributed by atoms with Crippen LogP contribution in [0.3, 0.4) is 0 Å². The van der Waals surface area contributed by atoms with Crippen LogP contribution >= 0.6 is 0 Å². The minimum absolute atomic E-state index is 0.0976. The number of benzene rings is 2. The molecule has 2 aromatic rings. The highest BCUT2D eigenvalue weighted by atomic mass is 16.2. The predicted molar refractivity (Wildman–Crippen MR) is 89.9 cm³/mol. The Kier molecular flexibility index (Phi) is 4.40. The molecule has 2 aromatic carbocycles. The van der Waals surface area contributed by atoms with Gasteiger partial charge in [-0.3, -0.25) is 9.69 Å². The fraction of sp³-hybridized carbons (Fsp3) is 0.263. The van der Waals surface area contributed by atoms with Gasteiger partial charge in [-0.2, -0.15) is 5.26 Å². The normalized spacial score (nSPS) is 16.0. The van der Waals surface area contributed by atoms with Crippen molar-refractivity contribution >= 4 is 11.6 Å². The van der Waals surface area contributed by atoms with Gasteiger partial charge in [-0.1, -0.05) is 36.4 Å². The molecule has 0 heterocycles. The average Bonchev–Trinajstić information content (AvgIpc) is 2.99. The molecule has 4 nitrogen and oxygen atoms in total. The van der Waals surface area contributed by atoms with Crippen molar-refractivity contribution in [2.24, 2.45) is 0 Å². The van der Waals surface area contributed by atoms with Gasteiger partial charge in [0.2, 0.25) is 5.91 Å². The van der Waals surface area contributed by atoms with E-state index in [-0.39, 0.29) is 11.9 Å². The topological polar surface area (TPSA) is 56.1 Å². The third-order valence-electron chi connectivity index (χ3n) is 4.35. The first-order valence-corrected chi connectivity index (χ1v) is 7.76. The number of nitriles is 1. The Balaban J connectivity index is 1.66. The summed E-state index contributed by atoms with van der Waals surface area (Å²) in [6.45, 7) is 0.304. The second-order valence-corrected chi connectivity index (χ2v) is 5.87. The molecule has 1 atom stereocenters. The van der Waals surface area contributed by atoms with E-state index in [1.54, 1.807) is 18.2 Å². The molecule has 0 bridgehead atoms. The van der Waals surface area contributed by atoms with E-state index in [4.69, 9.17) is 5.26 Å². The molecule has 0 aliphatic heterocycles. The van der Waals surface area contributed by atoms with E-state index in [1.807, 2.05) is 19.2 Å². The molecular formula is C19H19N3O. The smallest absolute Gasteiger partial charge is 0.238 e. The fourth-order valence-corrected chi connectivity index (χ4v) is 3.21. The second-order valence-electron chi connectivity index (χ2n) is 5.87. The van der Waals surface area contributed by atoms with Gasteiger partial charge in [0, 0.05) is 6.04 Å². The van der Waals surface area contributed by atoms with Crippen LogP contribution < -0.4 is 5.32 Å². The maximum Gasteiger partial charge on any atom is 0.238 e. The number of nitrogens with one attached hydrogen (secondary N) is 1. The zero-order chi connectivity index (χ0) is 16.2.